The van der Waals surface area contributed by atoms with Crippen LogP contribution in [0.3, 0.4) is 0 Å². The number of hydrogen-bond acceptors (Lipinski definition) is 11. The first-order valence-electron chi connectivity index (χ1n) is 11.9. The van der Waals surface area contributed by atoms with Crippen molar-refractivity contribution in [1.29, 1.82) is 0 Å². The van der Waals surface area contributed by atoms with Gasteiger partial charge in [-0.15, -0.1) is 0 Å². The zero-order valence-corrected chi connectivity index (χ0v) is 22.7. The minimum absolute atomic E-state index is 0.0879. The smallest absolute Gasteiger partial charge is 0.413 e. The third-order valence-corrected chi connectivity index (χ3v) is 8.18. The van der Waals surface area contributed by atoms with Gasteiger partial charge in [0.25, 0.3) is 0 Å². The zero-order chi connectivity index (χ0) is 26.9. The number of imidazole rings is 1. The summed E-state index contributed by atoms with van der Waals surface area (Å²) in [4.78, 5) is 40.6. The maximum Gasteiger partial charge on any atom is 0.413 e. The highest BCUT2D eigenvalue weighted by Crippen LogP contribution is 2.43. The van der Waals surface area contributed by atoms with Crippen molar-refractivity contribution in [2.75, 3.05) is 19.3 Å². The maximum absolute atomic E-state index is 12.8. The minimum atomic E-state index is -0.833. The maximum atomic E-state index is 12.8. The van der Waals surface area contributed by atoms with Gasteiger partial charge in [0.05, 0.1) is 0 Å². The van der Waals surface area contributed by atoms with Gasteiger partial charge in [-0.3, -0.25) is 4.90 Å². The summed E-state index contributed by atoms with van der Waals surface area (Å²) < 4.78 is 24.2. The van der Waals surface area contributed by atoms with E-state index in [0.29, 0.717) is 34.4 Å². The highest BCUT2D eigenvalue weighted by molar-refractivity contribution is 9.10. The predicted octanol–water partition coefficient (Wildman–Crippen LogP) is 3.96. The van der Waals surface area contributed by atoms with Crippen LogP contribution in [-0.4, -0.2) is 56.0 Å². The number of aromatic nitrogens is 4. The number of carbonyl (C=O) groups is 2. The van der Waals surface area contributed by atoms with Gasteiger partial charge in [0, 0.05) is 15.9 Å². The summed E-state index contributed by atoms with van der Waals surface area (Å²) in [6, 6.07) is 12.2. The number of fused-ring (bicyclic) bond motifs is 2. The van der Waals surface area contributed by atoms with Crippen LogP contribution in [0, 0.1) is 0 Å². The monoisotopic (exact) mass is 612 g/mol. The second-order valence-electron chi connectivity index (χ2n) is 8.62. The largest absolute Gasteiger partial charge is 0.454 e. The first kappa shape index (κ1) is 25.2. The number of esters is 1. The SMILES string of the molecule is Nc1ncnc2c1nc(Sc1cc3c(cc1Br)OCO3)n2CCC1C(=O)OCN1C(=O)OCc1ccccc1. The van der Waals surface area contributed by atoms with Crippen LogP contribution in [0.1, 0.15) is 12.0 Å². The molecule has 2 aromatic carbocycles. The molecule has 1 amide bonds. The fourth-order valence-corrected chi connectivity index (χ4v) is 5.75. The van der Waals surface area contributed by atoms with E-state index in [0.717, 1.165) is 14.9 Å². The van der Waals surface area contributed by atoms with Crippen molar-refractivity contribution in [3.05, 3.63) is 58.8 Å². The Bertz CT molecular complexity index is 1570. The van der Waals surface area contributed by atoms with E-state index >= 15 is 0 Å². The van der Waals surface area contributed by atoms with Gasteiger partial charge in [0.1, 0.15) is 19.0 Å². The van der Waals surface area contributed by atoms with E-state index in [1.54, 1.807) is 0 Å². The summed E-state index contributed by atoms with van der Waals surface area (Å²) in [5, 5.41) is 0.571. The van der Waals surface area contributed by atoms with Crippen molar-refractivity contribution >= 4 is 56.7 Å². The summed E-state index contributed by atoms with van der Waals surface area (Å²) in [7, 11) is 0. The van der Waals surface area contributed by atoms with Crippen molar-refractivity contribution in [1.82, 2.24) is 24.4 Å². The number of halogens is 1. The number of benzene rings is 2. The van der Waals surface area contributed by atoms with Crippen molar-refractivity contribution in [3.63, 3.8) is 0 Å². The molecule has 1 saturated heterocycles. The number of nitrogen functional groups attached to an aromatic ring is 1. The van der Waals surface area contributed by atoms with Gasteiger partial charge >= 0.3 is 12.1 Å². The molecule has 1 unspecified atom stereocenters. The number of ether oxygens (including phenoxy) is 4. The Kier molecular flexibility index (Phi) is 6.87. The fraction of sp³-hybridized carbons (Fsp3) is 0.240. The van der Waals surface area contributed by atoms with Gasteiger partial charge in [-0.25, -0.2) is 24.5 Å². The lowest BCUT2D eigenvalue weighted by Gasteiger charge is -2.20. The summed E-state index contributed by atoms with van der Waals surface area (Å²) >= 11 is 4.94. The number of cyclic esters (lactones) is 1. The first-order valence-corrected chi connectivity index (χ1v) is 13.5. The Hall–Kier alpha value is -4.04. The molecule has 0 bridgehead atoms. The summed E-state index contributed by atoms with van der Waals surface area (Å²) in [6.07, 6.45) is 0.971. The fourth-order valence-electron chi connectivity index (χ4n) is 4.24. The van der Waals surface area contributed by atoms with Gasteiger partial charge in [0.15, 0.2) is 40.4 Å². The van der Waals surface area contributed by atoms with Crippen LogP contribution in [-0.2, 0) is 27.4 Å². The van der Waals surface area contributed by atoms with Crippen LogP contribution in [0.5, 0.6) is 11.5 Å². The molecule has 1 fully saturated rings. The standard InChI is InChI=1S/C25H21BrN6O6S/c26-15-8-17-18(38-13-37-17)9-19(15)39-24-30-20-21(27)28-11-29-22(20)31(24)7-6-16-23(33)36-12-32(16)25(34)35-10-14-4-2-1-3-5-14/h1-5,8-9,11,16H,6-7,10,12-13H2,(H2,27,28,29). The Morgan fingerprint density at radius 1 is 1.15 bits per heavy atom. The third-order valence-electron chi connectivity index (χ3n) is 6.21. The van der Waals surface area contributed by atoms with Gasteiger partial charge < -0.3 is 29.2 Å². The molecule has 4 aromatic rings. The van der Waals surface area contributed by atoms with E-state index in [1.165, 1.54) is 23.0 Å². The first-order chi connectivity index (χ1) is 19.0. The molecule has 39 heavy (non-hydrogen) atoms. The molecule has 0 radical (unpaired) electrons. The van der Waals surface area contributed by atoms with Crippen LogP contribution in [0.15, 0.2) is 63.3 Å². The van der Waals surface area contributed by atoms with E-state index in [2.05, 4.69) is 30.9 Å². The quantitative estimate of drug-likeness (QED) is 0.303. The predicted molar refractivity (Wildman–Crippen MR) is 142 cm³/mol. The van der Waals surface area contributed by atoms with Crippen LogP contribution >= 0.6 is 27.7 Å². The van der Waals surface area contributed by atoms with Crippen LogP contribution in [0.25, 0.3) is 11.2 Å². The number of rotatable bonds is 7. The number of amides is 1. The highest BCUT2D eigenvalue weighted by Gasteiger charge is 2.39. The number of nitrogens with zero attached hydrogens (tertiary/aromatic N) is 5. The third kappa shape index (κ3) is 5.04. The molecule has 2 aromatic heterocycles. The van der Waals surface area contributed by atoms with Gasteiger partial charge in [-0.1, -0.05) is 42.1 Å². The Morgan fingerprint density at radius 3 is 2.77 bits per heavy atom. The Labute approximate surface area is 234 Å². The molecule has 200 valence electrons. The van der Waals surface area contributed by atoms with Crippen LogP contribution in [0.2, 0.25) is 0 Å². The molecular weight excluding hydrogens is 592 g/mol. The van der Waals surface area contributed by atoms with E-state index in [9.17, 15) is 9.59 Å². The van der Waals surface area contributed by atoms with Crippen LogP contribution in [0.4, 0.5) is 10.6 Å². The molecule has 4 heterocycles. The van der Waals surface area contributed by atoms with E-state index in [-0.39, 0.29) is 32.4 Å². The number of nitrogens with two attached hydrogens (primary N) is 1. The number of hydrogen-bond donors (Lipinski definition) is 1. The van der Waals surface area contributed by atoms with Crippen molar-refractivity contribution in [2.24, 2.45) is 0 Å². The normalized spacial score (nSPS) is 16.1. The van der Waals surface area contributed by atoms with Crippen molar-refractivity contribution in [2.45, 2.75) is 35.7 Å². The average Bonchev–Trinajstić information content (AvgIpc) is 3.64. The molecule has 0 spiro atoms. The zero-order valence-electron chi connectivity index (χ0n) is 20.3. The molecule has 2 aliphatic heterocycles. The van der Waals surface area contributed by atoms with Gasteiger partial charge in [0.2, 0.25) is 6.79 Å². The Morgan fingerprint density at radius 2 is 1.95 bits per heavy atom. The lowest BCUT2D eigenvalue weighted by molar-refractivity contribution is -0.139. The van der Waals surface area contributed by atoms with E-state index in [1.807, 2.05) is 47.0 Å². The van der Waals surface area contributed by atoms with Crippen molar-refractivity contribution < 1.29 is 28.5 Å². The van der Waals surface area contributed by atoms with E-state index in [4.69, 9.17) is 24.7 Å². The molecular formula is C25H21BrN6O6S. The second kappa shape index (κ2) is 10.6. The van der Waals surface area contributed by atoms with E-state index < -0.39 is 18.1 Å². The van der Waals surface area contributed by atoms with Gasteiger partial charge in [-0.05, 0) is 40.0 Å². The molecule has 6 rings (SSSR count). The second-order valence-corrected chi connectivity index (χ2v) is 10.5. The molecule has 2 N–H and O–H groups in total. The van der Waals surface area contributed by atoms with Gasteiger partial charge in [-0.2, -0.15) is 0 Å². The molecule has 14 heteroatoms. The number of carbonyl (C=O) groups excluding carboxylic acids is 2. The molecule has 2 aliphatic rings. The molecule has 1 atom stereocenters. The average molecular weight is 613 g/mol. The number of anilines is 1. The van der Waals surface area contributed by atoms with Crippen LogP contribution < -0.4 is 15.2 Å². The number of aryl methyl sites for hydroxylation is 1. The summed E-state index contributed by atoms with van der Waals surface area (Å²) in [5.74, 6) is 1.00. The summed E-state index contributed by atoms with van der Waals surface area (Å²) in [6.45, 7) is 0.356. The Balaban J connectivity index is 1.23. The molecule has 0 saturated carbocycles. The highest BCUT2D eigenvalue weighted by atomic mass is 79.9. The lowest BCUT2D eigenvalue weighted by atomic mass is 10.2. The lowest BCUT2D eigenvalue weighted by Crippen LogP contribution is -2.39. The molecule has 0 aliphatic carbocycles. The minimum Gasteiger partial charge on any atom is -0.454 e. The summed E-state index contributed by atoms with van der Waals surface area (Å²) in [5.41, 5.74) is 7.87. The molecule has 12 nitrogen and oxygen atoms in total. The topological polar surface area (TPSA) is 144 Å². The van der Waals surface area contributed by atoms with Crippen molar-refractivity contribution in [3.8, 4) is 11.5 Å².